The molecule has 0 aliphatic rings. The summed E-state index contributed by atoms with van der Waals surface area (Å²) in [5, 5.41) is 19.8. The molecular formula is C17H13ClN8OS2. The summed E-state index contributed by atoms with van der Waals surface area (Å²) >= 11 is 8.84. The van der Waals surface area contributed by atoms with Gasteiger partial charge in [0.1, 0.15) is 10.5 Å². The monoisotopic (exact) mass is 444 g/mol. The number of rotatable bonds is 4. The molecule has 9 nitrogen and oxygen atoms in total. The third-order valence-corrected chi connectivity index (χ3v) is 6.54. The number of hydrogen-bond donors (Lipinski definition) is 1. The van der Waals surface area contributed by atoms with Gasteiger partial charge < -0.3 is 5.84 Å². The molecular weight excluding hydrogens is 432 g/mol. The zero-order valence-electron chi connectivity index (χ0n) is 15.0. The van der Waals surface area contributed by atoms with Crippen molar-refractivity contribution in [3.8, 4) is 11.4 Å². The molecule has 0 unspecified atom stereocenters. The van der Waals surface area contributed by atoms with E-state index >= 15 is 0 Å². The topological polar surface area (TPSA) is 109 Å². The molecule has 4 aromatic heterocycles. The second-order valence-electron chi connectivity index (χ2n) is 6.23. The van der Waals surface area contributed by atoms with Crippen molar-refractivity contribution in [3.63, 3.8) is 0 Å². The average Bonchev–Trinajstić information content (AvgIpc) is 3.42. The molecule has 29 heavy (non-hydrogen) atoms. The fourth-order valence-electron chi connectivity index (χ4n) is 3.08. The summed E-state index contributed by atoms with van der Waals surface area (Å²) in [4.78, 5) is 12.4. The number of aromatic nitrogens is 7. The van der Waals surface area contributed by atoms with E-state index in [2.05, 4.69) is 20.4 Å². The van der Waals surface area contributed by atoms with Gasteiger partial charge in [0, 0.05) is 17.6 Å². The number of nitrogens with two attached hydrogens (primary N) is 1. The van der Waals surface area contributed by atoms with Crippen LogP contribution in [0.25, 0.3) is 27.4 Å². The van der Waals surface area contributed by atoms with Crippen LogP contribution in [0.2, 0.25) is 5.02 Å². The summed E-state index contributed by atoms with van der Waals surface area (Å²) < 4.78 is 5.48. The SMILES string of the molecule is Cn1c(=O)c2sccc2n2c(CSc3nnc(-c4cccc(Cl)c4)n3N)nnc12. The maximum atomic E-state index is 12.4. The lowest BCUT2D eigenvalue weighted by molar-refractivity contribution is 0.846. The largest absolute Gasteiger partial charge is 0.335 e. The van der Waals surface area contributed by atoms with Crippen LogP contribution in [0.4, 0.5) is 0 Å². The lowest BCUT2D eigenvalue weighted by Crippen LogP contribution is -2.19. The van der Waals surface area contributed by atoms with E-state index in [4.69, 9.17) is 17.4 Å². The molecule has 2 N–H and O–H groups in total. The third kappa shape index (κ3) is 2.89. The number of benzene rings is 1. The first-order valence-corrected chi connectivity index (χ1v) is 10.7. The van der Waals surface area contributed by atoms with Crippen molar-refractivity contribution in [1.82, 2.24) is 34.0 Å². The number of fused-ring (bicyclic) bond motifs is 3. The van der Waals surface area contributed by atoms with Crippen LogP contribution in [0.5, 0.6) is 0 Å². The van der Waals surface area contributed by atoms with Crippen LogP contribution in [0.1, 0.15) is 5.82 Å². The lowest BCUT2D eigenvalue weighted by atomic mass is 10.2. The number of nitrogen functional groups attached to an aromatic ring is 1. The first kappa shape index (κ1) is 18.2. The summed E-state index contributed by atoms with van der Waals surface area (Å²) in [6.45, 7) is 0. The highest BCUT2D eigenvalue weighted by atomic mass is 35.5. The molecule has 1 aromatic carbocycles. The molecule has 12 heteroatoms. The fourth-order valence-corrected chi connectivity index (χ4v) is 4.89. The van der Waals surface area contributed by atoms with Crippen molar-refractivity contribution in [2.45, 2.75) is 10.9 Å². The van der Waals surface area contributed by atoms with Gasteiger partial charge in [-0.05, 0) is 23.6 Å². The molecule has 146 valence electrons. The molecule has 0 saturated carbocycles. The zero-order valence-corrected chi connectivity index (χ0v) is 17.4. The molecule has 0 atom stereocenters. The van der Waals surface area contributed by atoms with E-state index in [1.165, 1.54) is 32.3 Å². The second-order valence-corrected chi connectivity index (χ2v) is 8.52. The van der Waals surface area contributed by atoms with Crippen molar-refractivity contribution in [2.75, 3.05) is 5.84 Å². The van der Waals surface area contributed by atoms with E-state index in [-0.39, 0.29) is 5.56 Å². The number of aryl methyl sites for hydroxylation is 1. The average molecular weight is 445 g/mol. The second kappa shape index (κ2) is 6.87. The molecule has 5 rings (SSSR count). The van der Waals surface area contributed by atoms with Crippen molar-refractivity contribution in [2.24, 2.45) is 7.05 Å². The van der Waals surface area contributed by atoms with E-state index in [0.29, 0.717) is 38.1 Å². The van der Waals surface area contributed by atoms with Gasteiger partial charge >= 0.3 is 0 Å². The van der Waals surface area contributed by atoms with Crippen LogP contribution >= 0.6 is 34.7 Å². The highest BCUT2D eigenvalue weighted by Crippen LogP contribution is 2.26. The molecule has 0 spiro atoms. The Kier molecular flexibility index (Phi) is 4.30. The normalized spacial score (nSPS) is 11.7. The fraction of sp³-hybridized carbons (Fsp3) is 0.118. The Balaban J connectivity index is 1.50. The number of thioether (sulfide) groups is 1. The molecule has 0 saturated heterocycles. The van der Waals surface area contributed by atoms with Gasteiger partial charge in [0.25, 0.3) is 5.56 Å². The van der Waals surface area contributed by atoms with Crippen LogP contribution in [0, 0.1) is 0 Å². The first-order chi connectivity index (χ1) is 14.0. The van der Waals surface area contributed by atoms with Crippen LogP contribution in [-0.2, 0) is 12.8 Å². The van der Waals surface area contributed by atoms with Crippen molar-refractivity contribution in [3.05, 3.63) is 56.9 Å². The van der Waals surface area contributed by atoms with Gasteiger partial charge in [0.2, 0.25) is 10.9 Å². The highest BCUT2D eigenvalue weighted by Gasteiger charge is 2.18. The molecule has 0 radical (unpaired) electrons. The maximum absolute atomic E-state index is 12.4. The number of nitrogens with zero attached hydrogens (tertiary/aromatic N) is 7. The van der Waals surface area contributed by atoms with Crippen LogP contribution in [0.15, 0.2) is 45.7 Å². The molecule has 0 aliphatic carbocycles. The standard InChI is InChI=1S/C17H13ClN8OS2/c1-24-15(27)13-11(5-6-28-13)25-12(20-22-16(24)25)8-29-17-23-21-14(26(17)19)9-3-2-4-10(18)7-9/h2-7H,8,19H2,1H3. The maximum Gasteiger partial charge on any atom is 0.272 e. The first-order valence-electron chi connectivity index (χ1n) is 8.44. The van der Waals surface area contributed by atoms with Gasteiger partial charge in [-0.2, -0.15) is 0 Å². The van der Waals surface area contributed by atoms with E-state index in [1.807, 2.05) is 28.0 Å². The van der Waals surface area contributed by atoms with E-state index in [0.717, 1.165) is 11.1 Å². The van der Waals surface area contributed by atoms with Crippen LogP contribution in [0.3, 0.4) is 0 Å². The highest BCUT2D eigenvalue weighted by molar-refractivity contribution is 7.98. The van der Waals surface area contributed by atoms with Crippen LogP contribution in [-0.4, -0.2) is 34.0 Å². The molecule has 5 aromatic rings. The molecule has 4 heterocycles. The van der Waals surface area contributed by atoms with E-state index in [1.54, 1.807) is 19.2 Å². The number of halogens is 1. The number of thiophene rings is 1. The van der Waals surface area contributed by atoms with E-state index in [9.17, 15) is 4.79 Å². The molecule has 0 aliphatic heterocycles. The van der Waals surface area contributed by atoms with Gasteiger partial charge in [-0.3, -0.25) is 13.8 Å². The molecule has 0 bridgehead atoms. The Bertz CT molecular complexity index is 1430. The van der Waals surface area contributed by atoms with Gasteiger partial charge in [-0.15, -0.1) is 31.7 Å². The minimum Gasteiger partial charge on any atom is -0.335 e. The van der Waals surface area contributed by atoms with Gasteiger partial charge in [-0.1, -0.05) is 35.5 Å². The lowest BCUT2D eigenvalue weighted by Gasteiger charge is -2.05. The minimum atomic E-state index is -0.0815. The molecule has 0 fully saturated rings. The summed E-state index contributed by atoms with van der Waals surface area (Å²) in [5.41, 5.74) is 1.49. The van der Waals surface area contributed by atoms with Crippen LogP contribution < -0.4 is 11.4 Å². The predicted molar refractivity (Wildman–Crippen MR) is 114 cm³/mol. The van der Waals surface area contributed by atoms with Gasteiger partial charge in [0.05, 0.1) is 11.3 Å². The van der Waals surface area contributed by atoms with Gasteiger partial charge in [0.15, 0.2) is 5.82 Å². The Morgan fingerprint density at radius 3 is 2.90 bits per heavy atom. The van der Waals surface area contributed by atoms with Crippen molar-refractivity contribution < 1.29 is 0 Å². The smallest absolute Gasteiger partial charge is 0.272 e. The minimum absolute atomic E-state index is 0.0815. The Morgan fingerprint density at radius 2 is 2.07 bits per heavy atom. The van der Waals surface area contributed by atoms with Gasteiger partial charge in [-0.25, -0.2) is 4.68 Å². The Labute approximate surface area is 176 Å². The molecule has 0 amide bonds. The zero-order chi connectivity index (χ0) is 20.1. The number of hydrogen-bond acceptors (Lipinski definition) is 8. The van der Waals surface area contributed by atoms with E-state index < -0.39 is 0 Å². The summed E-state index contributed by atoms with van der Waals surface area (Å²) in [7, 11) is 1.69. The van der Waals surface area contributed by atoms with Crippen molar-refractivity contribution in [1.29, 1.82) is 0 Å². The third-order valence-electron chi connectivity index (χ3n) is 4.47. The summed E-state index contributed by atoms with van der Waals surface area (Å²) in [6, 6.07) is 9.16. The Hall–Kier alpha value is -2.89. The van der Waals surface area contributed by atoms with Crippen molar-refractivity contribution >= 4 is 50.7 Å². The summed E-state index contributed by atoms with van der Waals surface area (Å²) in [5.74, 6) is 8.35. The summed E-state index contributed by atoms with van der Waals surface area (Å²) in [6.07, 6.45) is 0. The Morgan fingerprint density at radius 1 is 1.21 bits per heavy atom. The quantitative estimate of drug-likeness (QED) is 0.335. The predicted octanol–water partition coefficient (Wildman–Crippen LogP) is 2.56.